The highest BCUT2D eigenvalue weighted by atomic mass is 127. The van der Waals surface area contributed by atoms with E-state index in [2.05, 4.69) is 37.7 Å². The Labute approximate surface area is 135 Å². The molecular weight excluding hydrogens is 385 g/mol. The van der Waals surface area contributed by atoms with Crippen molar-refractivity contribution in [1.29, 1.82) is 0 Å². The van der Waals surface area contributed by atoms with Crippen LogP contribution < -0.4 is 5.73 Å². The van der Waals surface area contributed by atoms with Crippen LogP contribution >= 0.6 is 22.6 Å². The van der Waals surface area contributed by atoms with Gasteiger partial charge in [-0.05, 0) is 47.8 Å². The van der Waals surface area contributed by atoms with Crippen molar-refractivity contribution in [3.63, 3.8) is 0 Å². The number of nitrogens with two attached hydrogens (primary N) is 1. The topological polar surface area (TPSA) is 107 Å². The molecule has 2 atom stereocenters. The van der Waals surface area contributed by atoms with Gasteiger partial charge in [-0.2, -0.15) is 5.10 Å². The lowest BCUT2D eigenvalue weighted by Gasteiger charge is -2.28. The lowest BCUT2D eigenvalue weighted by molar-refractivity contribution is -0.138. The lowest BCUT2D eigenvalue weighted by atomic mass is 9.84. The Bertz CT molecular complexity index is 686. The van der Waals surface area contributed by atoms with E-state index in [1.165, 1.54) is 6.33 Å². The summed E-state index contributed by atoms with van der Waals surface area (Å²) in [4.78, 5) is 19.2. The number of fused-ring (bicyclic) bond motifs is 1. The minimum atomic E-state index is -0.730. The second kappa shape index (κ2) is 5.74. The normalized spacial score (nSPS) is 22.5. The molecule has 1 aliphatic rings. The van der Waals surface area contributed by atoms with E-state index in [0.717, 1.165) is 40.4 Å². The van der Waals surface area contributed by atoms with E-state index in [0.29, 0.717) is 5.82 Å². The summed E-state index contributed by atoms with van der Waals surface area (Å²) in [5.74, 6) is -0.0852. The first-order valence-corrected chi connectivity index (χ1v) is 8.00. The van der Waals surface area contributed by atoms with Crippen LogP contribution in [-0.2, 0) is 4.79 Å². The zero-order chi connectivity index (χ0) is 15.0. The van der Waals surface area contributed by atoms with Crippen molar-refractivity contribution in [1.82, 2.24) is 19.7 Å². The fourth-order valence-electron chi connectivity index (χ4n) is 3.12. The number of rotatable bonds is 3. The van der Waals surface area contributed by atoms with E-state index in [-0.39, 0.29) is 18.4 Å². The number of aliphatic carboxylic acids is 1. The summed E-state index contributed by atoms with van der Waals surface area (Å²) in [6.45, 7) is 0. The maximum Gasteiger partial charge on any atom is 0.303 e. The monoisotopic (exact) mass is 401 g/mol. The molecule has 2 heterocycles. The number of nitrogens with zero attached hydrogens (tertiary/aromatic N) is 4. The van der Waals surface area contributed by atoms with Crippen LogP contribution in [0.25, 0.3) is 11.0 Å². The van der Waals surface area contributed by atoms with Gasteiger partial charge in [-0.25, -0.2) is 14.6 Å². The molecule has 2 aromatic rings. The Hall–Kier alpha value is -1.45. The average molecular weight is 401 g/mol. The van der Waals surface area contributed by atoms with E-state index in [9.17, 15) is 4.79 Å². The van der Waals surface area contributed by atoms with E-state index in [4.69, 9.17) is 10.8 Å². The Morgan fingerprint density at radius 1 is 1.48 bits per heavy atom. The highest BCUT2D eigenvalue weighted by Gasteiger charge is 2.28. The third kappa shape index (κ3) is 2.81. The predicted molar refractivity (Wildman–Crippen MR) is 85.7 cm³/mol. The molecule has 3 N–H and O–H groups in total. The van der Waals surface area contributed by atoms with Gasteiger partial charge in [-0.1, -0.05) is 6.42 Å². The number of hydrogen-bond donors (Lipinski definition) is 2. The predicted octanol–water partition coefficient (Wildman–Crippen LogP) is 2.22. The van der Waals surface area contributed by atoms with E-state index < -0.39 is 5.97 Å². The van der Waals surface area contributed by atoms with Crippen LogP contribution in [0.5, 0.6) is 0 Å². The Kier molecular flexibility index (Phi) is 3.96. The highest BCUT2D eigenvalue weighted by molar-refractivity contribution is 14.1. The highest BCUT2D eigenvalue weighted by Crippen LogP contribution is 2.36. The van der Waals surface area contributed by atoms with Gasteiger partial charge in [0.05, 0.1) is 11.4 Å². The van der Waals surface area contributed by atoms with Crippen molar-refractivity contribution in [3.05, 3.63) is 10.0 Å². The largest absolute Gasteiger partial charge is 0.481 e. The fourth-order valence-corrected chi connectivity index (χ4v) is 3.87. The van der Waals surface area contributed by atoms with E-state index in [1.807, 2.05) is 4.68 Å². The SMILES string of the molecule is Nc1ncnc2c1c(I)nn2[C@@H]1CCCC(CC(=O)O)C1. The third-order valence-corrected chi connectivity index (χ3v) is 4.79. The number of halogens is 1. The molecule has 0 radical (unpaired) electrons. The van der Waals surface area contributed by atoms with Gasteiger partial charge in [0.25, 0.3) is 0 Å². The van der Waals surface area contributed by atoms with Crippen LogP contribution in [0.4, 0.5) is 5.82 Å². The summed E-state index contributed by atoms with van der Waals surface area (Å²) >= 11 is 2.14. The van der Waals surface area contributed by atoms with Crippen molar-refractivity contribution in [2.45, 2.75) is 38.1 Å². The minimum absolute atomic E-state index is 0.184. The van der Waals surface area contributed by atoms with Crippen molar-refractivity contribution in [3.8, 4) is 0 Å². The first-order chi connectivity index (χ1) is 10.1. The molecule has 8 heteroatoms. The zero-order valence-corrected chi connectivity index (χ0v) is 13.5. The van der Waals surface area contributed by atoms with Gasteiger partial charge in [-0.3, -0.25) is 4.79 Å². The van der Waals surface area contributed by atoms with Crippen molar-refractivity contribution >= 4 is 45.4 Å². The number of carbonyl (C=O) groups is 1. The van der Waals surface area contributed by atoms with Gasteiger partial charge in [0.2, 0.25) is 0 Å². The standard InChI is InChI=1S/C13H16IN5O2/c14-11-10-12(15)16-6-17-13(10)19(18-11)8-3-1-2-7(4-8)5-9(20)21/h6-8H,1-5H2,(H,20,21)(H2,15,16,17)/t7?,8-/m1/s1. The first-order valence-electron chi connectivity index (χ1n) is 6.92. The smallest absolute Gasteiger partial charge is 0.303 e. The summed E-state index contributed by atoms with van der Waals surface area (Å²) in [7, 11) is 0. The molecular formula is C13H16IN5O2. The average Bonchev–Trinajstić information content (AvgIpc) is 2.77. The van der Waals surface area contributed by atoms with Gasteiger partial charge in [0.15, 0.2) is 5.65 Å². The molecule has 1 fully saturated rings. The molecule has 7 nitrogen and oxygen atoms in total. The Balaban J connectivity index is 1.93. The minimum Gasteiger partial charge on any atom is -0.481 e. The van der Waals surface area contributed by atoms with Gasteiger partial charge in [0.1, 0.15) is 15.8 Å². The molecule has 0 aromatic carbocycles. The maximum absolute atomic E-state index is 10.9. The van der Waals surface area contributed by atoms with Crippen LogP contribution in [0, 0.1) is 9.62 Å². The van der Waals surface area contributed by atoms with Crippen LogP contribution in [0.3, 0.4) is 0 Å². The Morgan fingerprint density at radius 3 is 3.05 bits per heavy atom. The molecule has 2 aromatic heterocycles. The van der Waals surface area contributed by atoms with Crippen LogP contribution in [0.2, 0.25) is 0 Å². The molecule has 1 saturated carbocycles. The molecule has 0 saturated heterocycles. The molecule has 112 valence electrons. The molecule has 3 rings (SSSR count). The van der Waals surface area contributed by atoms with Crippen LogP contribution in [0.1, 0.15) is 38.1 Å². The van der Waals surface area contributed by atoms with Gasteiger partial charge < -0.3 is 10.8 Å². The van der Waals surface area contributed by atoms with Gasteiger partial charge >= 0.3 is 5.97 Å². The molecule has 1 unspecified atom stereocenters. The summed E-state index contributed by atoms with van der Waals surface area (Å²) in [5, 5.41) is 14.3. The lowest BCUT2D eigenvalue weighted by Crippen LogP contribution is -2.22. The van der Waals surface area contributed by atoms with Crippen LogP contribution in [-0.4, -0.2) is 30.8 Å². The number of aromatic nitrogens is 4. The third-order valence-electron chi connectivity index (χ3n) is 4.04. The number of anilines is 1. The summed E-state index contributed by atoms with van der Waals surface area (Å²) in [6.07, 6.45) is 5.47. The number of hydrogen-bond acceptors (Lipinski definition) is 5. The zero-order valence-electron chi connectivity index (χ0n) is 11.4. The summed E-state index contributed by atoms with van der Waals surface area (Å²) in [5.41, 5.74) is 6.65. The second-order valence-electron chi connectivity index (χ2n) is 5.48. The fraction of sp³-hybridized carbons (Fsp3) is 0.538. The molecule has 0 bridgehead atoms. The van der Waals surface area contributed by atoms with Crippen molar-refractivity contribution in [2.75, 3.05) is 5.73 Å². The number of nitrogen functional groups attached to an aromatic ring is 1. The second-order valence-corrected chi connectivity index (χ2v) is 6.50. The number of carboxylic acids is 1. The van der Waals surface area contributed by atoms with Gasteiger partial charge in [-0.15, -0.1) is 0 Å². The first kappa shape index (κ1) is 14.5. The molecule has 0 amide bonds. The maximum atomic E-state index is 10.9. The van der Waals surface area contributed by atoms with Crippen LogP contribution in [0.15, 0.2) is 6.33 Å². The Morgan fingerprint density at radius 2 is 2.29 bits per heavy atom. The van der Waals surface area contributed by atoms with E-state index in [1.54, 1.807) is 0 Å². The molecule has 0 spiro atoms. The number of carboxylic acid groups (broad SMARTS) is 1. The van der Waals surface area contributed by atoms with Crippen molar-refractivity contribution in [2.24, 2.45) is 5.92 Å². The molecule has 21 heavy (non-hydrogen) atoms. The summed E-state index contributed by atoms with van der Waals surface area (Å²) in [6, 6.07) is 0.184. The molecule has 1 aliphatic carbocycles. The molecule has 0 aliphatic heterocycles. The van der Waals surface area contributed by atoms with Gasteiger partial charge in [0, 0.05) is 6.42 Å². The van der Waals surface area contributed by atoms with E-state index >= 15 is 0 Å². The summed E-state index contributed by atoms with van der Waals surface area (Å²) < 4.78 is 2.70. The quantitative estimate of drug-likeness (QED) is 0.764. The van der Waals surface area contributed by atoms with Crippen molar-refractivity contribution < 1.29 is 9.90 Å².